The Hall–Kier alpha value is -0.0800. The van der Waals surface area contributed by atoms with Gasteiger partial charge < -0.3 is 5.11 Å². The van der Waals surface area contributed by atoms with Gasteiger partial charge in [0.2, 0.25) is 0 Å². The Kier molecular flexibility index (Phi) is 2.61. The van der Waals surface area contributed by atoms with Crippen molar-refractivity contribution in [2.45, 2.75) is 76.6 Å². The summed E-state index contributed by atoms with van der Waals surface area (Å²) in [6, 6.07) is 1.91. The average molecular weight is 197 g/mol. The first-order chi connectivity index (χ1) is 6.49. The Morgan fingerprint density at radius 3 is 2.14 bits per heavy atom. The highest BCUT2D eigenvalue weighted by Crippen LogP contribution is 2.39. The molecule has 2 fully saturated rings. The van der Waals surface area contributed by atoms with Crippen LogP contribution in [0.15, 0.2) is 0 Å². The van der Waals surface area contributed by atoms with E-state index in [2.05, 4.69) is 18.7 Å². The molecule has 0 spiro atoms. The molecule has 0 aliphatic carbocycles. The molecule has 2 nitrogen and oxygen atoms in total. The van der Waals surface area contributed by atoms with Gasteiger partial charge in [-0.05, 0) is 46.5 Å². The highest BCUT2D eigenvalue weighted by atomic mass is 16.3. The first-order valence-electron chi connectivity index (χ1n) is 5.99. The van der Waals surface area contributed by atoms with Gasteiger partial charge in [-0.2, -0.15) is 0 Å². The lowest BCUT2D eigenvalue weighted by molar-refractivity contribution is -0.0925. The lowest BCUT2D eigenvalue weighted by atomic mass is 9.76. The highest BCUT2D eigenvalue weighted by molar-refractivity contribution is 4.98. The van der Waals surface area contributed by atoms with Crippen molar-refractivity contribution in [2.24, 2.45) is 0 Å². The third kappa shape index (κ3) is 1.82. The summed E-state index contributed by atoms with van der Waals surface area (Å²) in [5, 5.41) is 10.2. The number of nitrogens with zero attached hydrogens (tertiary/aromatic N) is 1. The molecule has 2 rings (SSSR count). The molecule has 0 aromatic carbocycles. The van der Waals surface area contributed by atoms with Gasteiger partial charge in [0, 0.05) is 18.1 Å². The van der Waals surface area contributed by atoms with E-state index in [1.165, 1.54) is 19.3 Å². The van der Waals surface area contributed by atoms with E-state index < -0.39 is 5.60 Å². The van der Waals surface area contributed by atoms with Gasteiger partial charge in [-0.3, -0.25) is 4.90 Å². The van der Waals surface area contributed by atoms with Crippen molar-refractivity contribution in [1.82, 2.24) is 4.90 Å². The maximum absolute atomic E-state index is 10.2. The predicted octanol–water partition coefficient (Wildman–Crippen LogP) is 2.16. The largest absolute Gasteiger partial charge is 0.390 e. The standard InChI is InChI=1S/C12H23NO/c1-9(2)13-10-5-4-6-11(13)8-12(3,14)7-10/h9-11,14H,4-8H2,1-3H3/t10-,11-/m0/s1. The van der Waals surface area contributed by atoms with E-state index in [0.717, 1.165) is 12.8 Å². The Labute approximate surface area is 87.3 Å². The molecule has 2 aliphatic rings. The van der Waals surface area contributed by atoms with Gasteiger partial charge in [0.05, 0.1) is 5.60 Å². The summed E-state index contributed by atoms with van der Waals surface area (Å²) >= 11 is 0. The van der Waals surface area contributed by atoms with Crippen LogP contribution in [0.2, 0.25) is 0 Å². The number of fused-ring (bicyclic) bond motifs is 2. The van der Waals surface area contributed by atoms with Crippen LogP contribution in [0.3, 0.4) is 0 Å². The Morgan fingerprint density at radius 2 is 1.71 bits per heavy atom. The van der Waals surface area contributed by atoms with Crippen LogP contribution in [-0.2, 0) is 0 Å². The lowest BCUT2D eigenvalue weighted by Crippen LogP contribution is -2.59. The van der Waals surface area contributed by atoms with E-state index in [1.807, 2.05) is 6.92 Å². The van der Waals surface area contributed by atoms with E-state index in [0.29, 0.717) is 18.1 Å². The van der Waals surface area contributed by atoms with Crippen molar-refractivity contribution in [3.63, 3.8) is 0 Å². The second-order valence-corrected chi connectivity index (χ2v) is 5.68. The molecule has 0 radical (unpaired) electrons. The van der Waals surface area contributed by atoms with Gasteiger partial charge in [0.1, 0.15) is 0 Å². The number of rotatable bonds is 1. The molecular formula is C12H23NO. The van der Waals surface area contributed by atoms with Gasteiger partial charge in [0.25, 0.3) is 0 Å². The number of hydrogen-bond acceptors (Lipinski definition) is 2. The average Bonchev–Trinajstić information content (AvgIpc) is 1.99. The van der Waals surface area contributed by atoms with Crippen molar-refractivity contribution in [1.29, 1.82) is 0 Å². The molecule has 2 heterocycles. The second-order valence-electron chi connectivity index (χ2n) is 5.68. The molecular weight excluding hydrogens is 174 g/mol. The normalized spacial score (nSPS) is 44.4. The molecule has 0 aromatic heterocycles. The quantitative estimate of drug-likeness (QED) is 0.696. The fourth-order valence-electron chi connectivity index (χ4n) is 3.54. The lowest BCUT2D eigenvalue weighted by Gasteiger charge is -2.53. The summed E-state index contributed by atoms with van der Waals surface area (Å²) in [6.45, 7) is 6.58. The highest BCUT2D eigenvalue weighted by Gasteiger charge is 2.43. The Balaban J connectivity index is 2.15. The van der Waals surface area contributed by atoms with Crippen molar-refractivity contribution in [3.8, 4) is 0 Å². The van der Waals surface area contributed by atoms with Crippen molar-refractivity contribution >= 4 is 0 Å². The van der Waals surface area contributed by atoms with E-state index in [1.54, 1.807) is 0 Å². The van der Waals surface area contributed by atoms with E-state index in [4.69, 9.17) is 0 Å². The van der Waals surface area contributed by atoms with Crippen molar-refractivity contribution in [3.05, 3.63) is 0 Å². The summed E-state index contributed by atoms with van der Waals surface area (Å²) in [4.78, 5) is 2.64. The van der Waals surface area contributed by atoms with E-state index in [-0.39, 0.29) is 0 Å². The fraction of sp³-hybridized carbons (Fsp3) is 1.00. The summed E-state index contributed by atoms with van der Waals surface area (Å²) in [5.41, 5.74) is -0.402. The molecule has 1 N–H and O–H groups in total. The van der Waals surface area contributed by atoms with Crippen LogP contribution in [0.1, 0.15) is 52.9 Å². The smallest absolute Gasteiger partial charge is 0.0649 e. The summed E-state index contributed by atoms with van der Waals surface area (Å²) < 4.78 is 0. The van der Waals surface area contributed by atoms with Gasteiger partial charge in [-0.15, -0.1) is 0 Å². The summed E-state index contributed by atoms with van der Waals surface area (Å²) in [7, 11) is 0. The van der Waals surface area contributed by atoms with Crippen LogP contribution in [0, 0.1) is 0 Å². The molecule has 2 atom stereocenters. The zero-order valence-corrected chi connectivity index (χ0v) is 9.66. The second kappa shape index (κ2) is 3.49. The molecule has 0 unspecified atom stereocenters. The zero-order chi connectivity index (χ0) is 10.3. The summed E-state index contributed by atoms with van der Waals surface area (Å²) in [5.74, 6) is 0. The Morgan fingerprint density at radius 1 is 1.21 bits per heavy atom. The molecule has 2 bridgehead atoms. The van der Waals surface area contributed by atoms with Crippen molar-refractivity contribution < 1.29 is 5.11 Å². The van der Waals surface area contributed by atoms with Gasteiger partial charge in [0.15, 0.2) is 0 Å². The molecule has 2 aliphatic heterocycles. The van der Waals surface area contributed by atoms with Crippen LogP contribution >= 0.6 is 0 Å². The van der Waals surface area contributed by atoms with Crippen molar-refractivity contribution in [2.75, 3.05) is 0 Å². The topological polar surface area (TPSA) is 23.5 Å². The summed E-state index contributed by atoms with van der Waals surface area (Å²) in [6.07, 6.45) is 5.87. The van der Waals surface area contributed by atoms with Crippen LogP contribution in [0.4, 0.5) is 0 Å². The molecule has 14 heavy (non-hydrogen) atoms. The minimum atomic E-state index is -0.402. The minimum absolute atomic E-state index is 0.402. The van der Waals surface area contributed by atoms with E-state index in [9.17, 15) is 5.11 Å². The van der Waals surface area contributed by atoms with Gasteiger partial charge >= 0.3 is 0 Å². The van der Waals surface area contributed by atoms with Gasteiger partial charge in [-0.1, -0.05) is 6.42 Å². The van der Waals surface area contributed by atoms with E-state index >= 15 is 0 Å². The molecule has 0 aromatic rings. The predicted molar refractivity (Wildman–Crippen MR) is 58.3 cm³/mol. The number of aliphatic hydroxyl groups is 1. The third-order valence-corrected chi connectivity index (χ3v) is 3.87. The fourth-order valence-corrected chi connectivity index (χ4v) is 3.54. The zero-order valence-electron chi connectivity index (χ0n) is 9.66. The maximum atomic E-state index is 10.2. The molecule has 0 saturated carbocycles. The number of piperidine rings is 2. The maximum Gasteiger partial charge on any atom is 0.0649 e. The van der Waals surface area contributed by atoms with Crippen LogP contribution in [0.25, 0.3) is 0 Å². The first kappa shape index (κ1) is 10.4. The number of hydrogen-bond donors (Lipinski definition) is 1. The van der Waals surface area contributed by atoms with Crippen LogP contribution in [-0.4, -0.2) is 33.7 Å². The minimum Gasteiger partial charge on any atom is -0.390 e. The monoisotopic (exact) mass is 197 g/mol. The molecule has 2 heteroatoms. The SMILES string of the molecule is CC(C)N1[C@H]2CCC[C@H]1CC(C)(O)C2. The Bertz CT molecular complexity index is 196. The van der Waals surface area contributed by atoms with Gasteiger partial charge in [-0.25, -0.2) is 0 Å². The molecule has 0 amide bonds. The molecule has 82 valence electrons. The third-order valence-electron chi connectivity index (χ3n) is 3.87. The van der Waals surface area contributed by atoms with Crippen LogP contribution < -0.4 is 0 Å². The van der Waals surface area contributed by atoms with Crippen LogP contribution in [0.5, 0.6) is 0 Å². The first-order valence-corrected chi connectivity index (χ1v) is 5.99. The molecule has 2 saturated heterocycles.